The fraction of sp³-hybridized carbons (Fsp3) is 0.467. The zero-order valence-corrected chi connectivity index (χ0v) is 13.4. The van der Waals surface area contributed by atoms with E-state index < -0.39 is 16.8 Å². The summed E-state index contributed by atoms with van der Waals surface area (Å²) in [7, 11) is 0. The highest BCUT2D eigenvalue weighted by Gasteiger charge is 2.34. The van der Waals surface area contributed by atoms with E-state index in [2.05, 4.69) is 10.1 Å². The van der Waals surface area contributed by atoms with E-state index >= 15 is 0 Å². The van der Waals surface area contributed by atoms with Crippen molar-refractivity contribution in [1.82, 2.24) is 14.8 Å². The van der Waals surface area contributed by atoms with Gasteiger partial charge in [0.05, 0.1) is 11.0 Å². The minimum atomic E-state index is -4.46. The smallest absolute Gasteiger partial charge is 0.354 e. The zero-order valence-electron chi connectivity index (χ0n) is 13.4. The first-order valence-corrected chi connectivity index (χ1v) is 7.74. The Kier molecular flexibility index (Phi) is 4.36. The van der Waals surface area contributed by atoms with Crippen LogP contribution in [0.5, 0.6) is 0 Å². The molecule has 0 aromatic carbocycles. The Morgan fingerprint density at radius 1 is 1.40 bits per heavy atom. The molecule has 1 unspecified atom stereocenters. The van der Waals surface area contributed by atoms with Crippen LogP contribution in [0.4, 0.5) is 24.7 Å². The normalized spacial score (nSPS) is 18.4. The predicted octanol–water partition coefficient (Wildman–Crippen LogP) is 3.36. The number of halogens is 3. The summed E-state index contributed by atoms with van der Waals surface area (Å²) in [6.07, 6.45) is -0.448. The van der Waals surface area contributed by atoms with Crippen molar-refractivity contribution in [3.8, 4) is 0 Å². The molecule has 3 rings (SSSR count). The lowest BCUT2D eigenvalue weighted by Gasteiger charge is -2.34. The maximum absolute atomic E-state index is 12.7. The van der Waals surface area contributed by atoms with Crippen LogP contribution in [0.15, 0.2) is 24.5 Å². The van der Waals surface area contributed by atoms with Gasteiger partial charge in [0.1, 0.15) is 12.0 Å². The van der Waals surface area contributed by atoms with Gasteiger partial charge in [-0.2, -0.15) is 18.3 Å². The Hall–Kier alpha value is -2.65. The van der Waals surface area contributed by atoms with Gasteiger partial charge < -0.3 is 4.90 Å². The van der Waals surface area contributed by atoms with Gasteiger partial charge in [-0.25, -0.2) is 4.98 Å². The Balaban J connectivity index is 1.79. The van der Waals surface area contributed by atoms with Crippen LogP contribution in [0.25, 0.3) is 0 Å². The molecule has 0 aliphatic carbocycles. The van der Waals surface area contributed by atoms with Crippen molar-refractivity contribution in [2.45, 2.75) is 32.0 Å². The average Bonchev–Trinajstić information content (AvgIpc) is 3.05. The maximum Gasteiger partial charge on any atom is 0.435 e. The lowest BCUT2D eigenvalue weighted by Crippen LogP contribution is -2.37. The Labute approximate surface area is 141 Å². The first kappa shape index (κ1) is 17.2. The molecule has 2 aromatic heterocycles. The van der Waals surface area contributed by atoms with E-state index in [1.54, 1.807) is 6.92 Å². The molecule has 0 bridgehead atoms. The molecule has 3 heterocycles. The fourth-order valence-electron chi connectivity index (χ4n) is 3.04. The third-order valence-electron chi connectivity index (χ3n) is 4.22. The Morgan fingerprint density at radius 3 is 2.76 bits per heavy atom. The third-order valence-corrected chi connectivity index (χ3v) is 4.22. The summed E-state index contributed by atoms with van der Waals surface area (Å²) in [4.78, 5) is 16.4. The number of hydrogen-bond acceptors (Lipinski definition) is 5. The fourth-order valence-corrected chi connectivity index (χ4v) is 3.04. The molecule has 10 heteroatoms. The van der Waals surface area contributed by atoms with E-state index in [4.69, 9.17) is 0 Å². The standard InChI is InChI=1S/C15H16F3N5O2/c1-10-7-12(23(24)25)8-19-14(10)21-5-2-3-11(9-21)22-6-4-13(20-22)15(16,17)18/h4,6-8,11H,2-3,5,9H2,1H3. The molecule has 1 saturated heterocycles. The van der Waals surface area contributed by atoms with Crippen molar-refractivity contribution in [1.29, 1.82) is 0 Å². The monoisotopic (exact) mass is 355 g/mol. The van der Waals surface area contributed by atoms with E-state index in [0.717, 1.165) is 12.5 Å². The number of anilines is 1. The second-order valence-corrected chi connectivity index (χ2v) is 6.01. The van der Waals surface area contributed by atoms with Crippen LogP contribution in [0, 0.1) is 17.0 Å². The van der Waals surface area contributed by atoms with E-state index in [9.17, 15) is 23.3 Å². The Bertz CT molecular complexity index is 790. The molecule has 0 amide bonds. The summed E-state index contributed by atoms with van der Waals surface area (Å²) < 4.78 is 39.5. The molecule has 25 heavy (non-hydrogen) atoms. The second-order valence-electron chi connectivity index (χ2n) is 6.01. The van der Waals surface area contributed by atoms with Crippen LogP contribution in [0.3, 0.4) is 0 Å². The minimum Gasteiger partial charge on any atom is -0.354 e. The molecule has 1 fully saturated rings. The van der Waals surface area contributed by atoms with Crippen LogP contribution in [-0.2, 0) is 6.18 Å². The summed E-state index contributed by atoms with van der Waals surface area (Å²) in [6.45, 7) is 2.87. The number of aryl methyl sites for hydroxylation is 1. The van der Waals surface area contributed by atoms with Gasteiger partial charge in [-0.05, 0) is 31.4 Å². The van der Waals surface area contributed by atoms with Crippen molar-refractivity contribution in [3.63, 3.8) is 0 Å². The summed E-state index contributed by atoms with van der Waals surface area (Å²) in [6, 6.07) is 2.21. The van der Waals surface area contributed by atoms with Gasteiger partial charge in [0.2, 0.25) is 0 Å². The lowest BCUT2D eigenvalue weighted by atomic mass is 10.1. The van der Waals surface area contributed by atoms with Crippen molar-refractivity contribution < 1.29 is 18.1 Å². The van der Waals surface area contributed by atoms with Crippen LogP contribution in [0.1, 0.15) is 30.1 Å². The lowest BCUT2D eigenvalue weighted by molar-refractivity contribution is -0.385. The summed E-state index contributed by atoms with van der Waals surface area (Å²) >= 11 is 0. The molecular formula is C15H16F3N5O2. The molecular weight excluding hydrogens is 339 g/mol. The number of pyridine rings is 1. The van der Waals surface area contributed by atoms with Crippen LogP contribution in [-0.4, -0.2) is 32.8 Å². The Morgan fingerprint density at radius 2 is 2.16 bits per heavy atom. The number of hydrogen-bond donors (Lipinski definition) is 0. The number of nitrogens with zero attached hydrogens (tertiary/aromatic N) is 5. The number of rotatable bonds is 3. The molecule has 0 spiro atoms. The number of piperidine rings is 1. The number of aromatic nitrogens is 3. The SMILES string of the molecule is Cc1cc([N+](=O)[O-])cnc1N1CCCC(n2ccc(C(F)(F)F)n2)C1. The van der Waals surface area contributed by atoms with Gasteiger partial charge >= 0.3 is 6.18 Å². The minimum absolute atomic E-state index is 0.0864. The van der Waals surface area contributed by atoms with Gasteiger partial charge in [-0.3, -0.25) is 14.8 Å². The highest BCUT2D eigenvalue weighted by molar-refractivity contribution is 5.50. The number of alkyl halides is 3. The molecule has 1 aliphatic rings. The van der Waals surface area contributed by atoms with Gasteiger partial charge in [-0.1, -0.05) is 0 Å². The predicted molar refractivity (Wildman–Crippen MR) is 83.3 cm³/mol. The highest BCUT2D eigenvalue weighted by Crippen LogP contribution is 2.31. The average molecular weight is 355 g/mol. The second kappa shape index (κ2) is 6.34. The van der Waals surface area contributed by atoms with E-state index in [1.807, 2.05) is 4.90 Å². The first-order chi connectivity index (χ1) is 11.8. The molecule has 1 atom stereocenters. The van der Waals surface area contributed by atoms with Gasteiger partial charge in [-0.15, -0.1) is 0 Å². The molecule has 134 valence electrons. The maximum atomic E-state index is 12.7. The van der Waals surface area contributed by atoms with E-state index in [0.29, 0.717) is 30.9 Å². The van der Waals surface area contributed by atoms with E-state index in [1.165, 1.54) is 23.1 Å². The molecule has 1 aliphatic heterocycles. The van der Waals surface area contributed by atoms with Crippen LogP contribution < -0.4 is 4.90 Å². The summed E-state index contributed by atoms with van der Waals surface area (Å²) in [5.41, 5.74) is -0.336. The van der Waals surface area contributed by atoms with Crippen molar-refractivity contribution in [3.05, 3.63) is 45.9 Å². The quantitative estimate of drug-likeness (QED) is 0.623. The summed E-state index contributed by atoms with van der Waals surface area (Å²) in [5.74, 6) is 0.610. The van der Waals surface area contributed by atoms with Crippen LogP contribution in [0.2, 0.25) is 0 Å². The third kappa shape index (κ3) is 3.57. The van der Waals surface area contributed by atoms with Gasteiger partial charge in [0.25, 0.3) is 5.69 Å². The molecule has 0 N–H and O–H groups in total. The first-order valence-electron chi connectivity index (χ1n) is 7.74. The van der Waals surface area contributed by atoms with Crippen molar-refractivity contribution in [2.75, 3.05) is 18.0 Å². The number of nitro groups is 1. The zero-order chi connectivity index (χ0) is 18.2. The molecule has 7 nitrogen and oxygen atoms in total. The molecule has 0 saturated carbocycles. The molecule has 2 aromatic rings. The highest BCUT2D eigenvalue weighted by atomic mass is 19.4. The van der Waals surface area contributed by atoms with Gasteiger partial charge in [0, 0.05) is 25.4 Å². The molecule has 0 radical (unpaired) electrons. The largest absolute Gasteiger partial charge is 0.435 e. The van der Waals surface area contributed by atoms with E-state index in [-0.39, 0.29) is 11.7 Å². The van der Waals surface area contributed by atoms with Gasteiger partial charge in [0.15, 0.2) is 5.69 Å². The van der Waals surface area contributed by atoms with Crippen LogP contribution >= 0.6 is 0 Å². The topological polar surface area (TPSA) is 77.1 Å². The van der Waals surface area contributed by atoms with Crippen molar-refractivity contribution >= 4 is 11.5 Å². The van der Waals surface area contributed by atoms with Crippen molar-refractivity contribution in [2.24, 2.45) is 0 Å². The summed E-state index contributed by atoms with van der Waals surface area (Å²) in [5, 5.41) is 14.5.